The molecule has 0 spiro atoms. The van der Waals surface area contributed by atoms with E-state index in [2.05, 4.69) is 10.6 Å². The molecule has 7 nitrogen and oxygen atoms in total. The van der Waals surface area contributed by atoms with Crippen LogP contribution in [0.4, 0.5) is 0 Å². The van der Waals surface area contributed by atoms with Crippen LogP contribution in [0.2, 0.25) is 4.34 Å². The van der Waals surface area contributed by atoms with Crippen LogP contribution in [0.15, 0.2) is 16.3 Å². The molecule has 30 heavy (non-hydrogen) atoms. The monoisotopic (exact) mass is 475 g/mol. The fourth-order valence-corrected chi connectivity index (χ4v) is 7.14. The van der Waals surface area contributed by atoms with Gasteiger partial charge in [-0.15, -0.1) is 11.3 Å². The van der Waals surface area contributed by atoms with E-state index in [0.29, 0.717) is 4.34 Å². The molecule has 0 radical (unpaired) electrons. The maximum atomic E-state index is 13.1. The van der Waals surface area contributed by atoms with Gasteiger partial charge in [0.25, 0.3) is 10.0 Å². The molecule has 0 saturated heterocycles. The summed E-state index contributed by atoms with van der Waals surface area (Å²) in [5.41, 5.74) is 0. The number of hydrogen-bond donors (Lipinski definition) is 2. The number of rotatable bonds is 8. The molecular formula is C20H30ClN3O4S2. The predicted octanol–water partition coefficient (Wildman–Crippen LogP) is 3.29. The van der Waals surface area contributed by atoms with Crippen LogP contribution in [-0.4, -0.2) is 49.7 Å². The Morgan fingerprint density at radius 1 is 0.900 bits per heavy atom. The average molecular weight is 476 g/mol. The van der Waals surface area contributed by atoms with Gasteiger partial charge in [0.05, 0.1) is 17.4 Å². The number of halogens is 1. The molecule has 2 fully saturated rings. The molecule has 1 heterocycles. The van der Waals surface area contributed by atoms with Gasteiger partial charge < -0.3 is 10.6 Å². The van der Waals surface area contributed by atoms with E-state index in [-0.39, 0.29) is 41.2 Å². The van der Waals surface area contributed by atoms with Crippen LogP contribution in [0, 0.1) is 0 Å². The van der Waals surface area contributed by atoms with Gasteiger partial charge in [-0.1, -0.05) is 50.1 Å². The summed E-state index contributed by atoms with van der Waals surface area (Å²) in [5.74, 6) is -0.753. The highest BCUT2D eigenvalue weighted by Crippen LogP contribution is 2.28. The molecule has 0 aliphatic heterocycles. The van der Waals surface area contributed by atoms with Crippen LogP contribution in [-0.2, 0) is 19.6 Å². The summed E-state index contributed by atoms with van der Waals surface area (Å²) >= 11 is 6.84. The highest BCUT2D eigenvalue weighted by atomic mass is 35.5. The third-order valence-corrected chi connectivity index (χ3v) is 9.21. The van der Waals surface area contributed by atoms with Crippen molar-refractivity contribution in [3.63, 3.8) is 0 Å². The summed E-state index contributed by atoms with van der Waals surface area (Å²) in [7, 11) is -4.01. The summed E-state index contributed by atoms with van der Waals surface area (Å²) in [4.78, 5) is 25.2. The molecule has 168 valence electrons. The number of thiophene rings is 1. The highest BCUT2D eigenvalue weighted by Gasteiger charge is 2.31. The Bertz CT molecular complexity index is 797. The Morgan fingerprint density at radius 3 is 1.77 bits per heavy atom. The smallest absolute Gasteiger partial charge is 0.253 e. The number of hydrogen-bond acceptors (Lipinski definition) is 5. The molecule has 3 rings (SSSR count). The molecule has 2 N–H and O–H groups in total. The predicted molar refractivity (Wildman–Crippen MR) is 118 cm³/mol. The molecule has 0 aromatic carbocycles. The number of sulfonamides is 1. The van der Waals surface area contributed by atoms with Crippen molar-refractivity contribution < 1.29 is 18.0 Å². The Balaban J connectivity index is 1.68. The largest absolute Gasteiger partial charge is 0.352 e. The summed E-state index contributed by atoms with van der Waals surface area (Å²) in [6, 6.07) is 3.06. The van der Waals surface area contributed by atoms with Gasteiger partial charge >= 0.3 is 0 Å². The second-order valence-corrected chi connectivity index (χ2v) is 12.0. The number of carbonyl (C=O) groups is 2. The molecule has 2 saturated carbocycles. The molecule has 2 aliphatic carbocycles. The number of amides is 2. The van der Waals surface area contributed by atoms with Gasteiger partial charge in [-0.25, -0.2) is 8.42 Å². The van der Waals surface area contributed by atoms with Crippen molar-refractivity contribution in [3.8, 4) is 0 Å². The van der Waals surface area contributed by atoms with Crippen molar-refractivity contribution in [2.75, 3.05) is 13.1 Å². The van der Waals surface area contributed by atoms with Crippen molar-refractivity contribution >= 4 is 44.8 Å². The Kier molecular flexibility index (Phi) is 8.56. The normalized spacial score (nSPS) is 19.0. The minimum Gasteiger partial charge on any atom is -0.352 e. The zero-order valence-electron chi connectivity index (χ0n) is 17.1. The van der Waals surface area contributed by atoms with E-state index in [9.17, 15) is 18.0 Å². The van der Waals surface area contributed by atoms with Crippen molar-refractivity contribution in [2.45, 2.75) is 80.5 Å². The van der Waals surface area contributed by atoms with Gasteiger partial charge in [0.15, 0.2) is 0 Å². The lowest BCUT2D eigenvalue weighted by Crippen LogP contribution is -2.49. The van der Waals surface area contributed by atoms with Gasteiger partial charge in [-0.2, -0.15) is 4.31 Å². The van der Waals surface area contributed by atoms with Gasteiger partial charge in [0.1, 0.15) is 4.21 Å². The number of nitrogens with one attached hydrogen (secondary N) is 2. The molecule has 2 aliphatic rings. The van der Waals surface area contributed by atoms with Gasteiger partial charge in [0.2, 0.25) is 11.8 Å². The third-order valence-electron chi connectivity index (χ3n) is 5.72. The first-order valence-electron chi connectivity index (χ1n) is 10.7. The second kappa shape index (κ2) is 10.9. The Hall–Kier alpha value is -1.16. The van der Waals surface area contributed by atoms with Crippen LogP contribution in [0.5, 0.6) is 0 Å². The summed E-state index contributed by atoms with van der Waals surface area (Å²) in [6.07, 6.45) is 10.2. The Labute approximate surface area is 187 Å². The molecule has 2 amide bonds. The van der Waals surface area contributed by atoms with Crippen molar-refractivity contribution in [3.05, 3.63) is 16.5 Å². The van der Waals surface area contributed by atoms with E-state index in [1.54, 1.807) is 0 Å². The molecule has 0 unspecified atom stereocenters. The second-order valence-electron chi connectivity index (χ2n) is 8.14. The minimum atomic E-state index is -4.01. The van der Waals surface area contributed by atoms with Crippen LogP contribution < -0.4 is 10.6 Å². The summed E-state index contributed by atoms with van der Waals surface area (Å²) in [5, 5.41) is 5.87. The molecule has 0 atom stereocenters. The fourth-order valence-electron chi connectivity index (χ4n) is 4.15. The number of carbonyl (C=O) groups excluding carboxylic acids is 2. The molecular weight excluding hydrogens is 446 g/mol. The van der Waals surface area contributed by atoms with E-state index < -0.39 is 10.0 Å². The first-order chi connectivity index (χ1) is 14.3. The first-order valence-corrected chi connectivity index (χ1v) is 13.3. The Morgan fingerprint density at radius 2 is 1.37 bits per heavy atom. The van der Waals surface area contributed by atoms with E-state index in [1.807, 2.05) is 0 Å². The average Bonchev–Trinajstić information content (AvgIpc) is 3.16. The van der Waals surface area contributed by atoms with Gasteiger partial charge in [-0.3, -0.25) is 9.59 Å². The van der Waals surface area contributed by atoms with Crippen molar-refractivity contribution in [1.29, 1.82) is 0 Å². The van der Waals surface area contributed by atoms with Gasteiger partial charge in [0, 0.05) is 12.1 Å². The maximum absolute atomic E-state index is 13.1. The molecule has 1 aromatic heterocycles. The first kappa shape index (κ1) is 23.5. The maximum Gasteiger partial charge on any atom is 0.253 e. The molecule has 10 heteroatoms. The van der Waals surface area contributed by atoms with E-state index in [0.717, 1.165) is 79.9 Å². The van der Waals surface area contributed by atoms with Crippen molar-refractivity contribution in [2.24, 2.45) is 0 Å². The number of nitrogens with zero attached hydrogens (tertiary/aromatic N) is 1. The van der Waals surface area contributed by atoms with Crippen molar-refractivity contribution in [1.82, 2.24) is 14.9 Å². The SMILES string of the molecule is O=C(CN(CC(=O)NC1CCCCC1)S(=O)(=O)c1ccc(Cl)s1)NC1CCCCC1. The summed E-state index contributed by atoms with van der Waals surface area (Å²) < 4.78 is 27.6. The van der Waals surface area contributed by atoms with E-state index >= 15 is 0 Å². The fraction of sp³-hybridized carbons (Fsp3) is 0.700. The lowest BCUT2D eigenvalue weighted by molar-refractivity contribution is -0.124. The van der Waals surface area contributed by atoms with Gasteiger partial charge in [-0.05, 0) is 37.8 Å². The topological polar surface area (TPSA) is 95.6 Å². The van der Waals surface area contributed by atoms with E-state index in [1.165, 1.54) is 12.1 Å². The highest BCUT2D eigenvalue weighted by molar-refractivity contribution is 7.91. The quantitative estimate of drug-likeness (QED) is 0.603. The van der Waals surface area contributed by atoms with E-state index in [4.69, 9.17) is 11.6 Å². The van der Waals surface area contributed by atoms with Crippen LogP contribution in [0.3, 0.4) is 0 Å². The standard InChI is InChI=1S/C20H30ClN3O4S2/c21-17-11-12-20(29-17)30(27,28)24(13-18(25)22-15-7-3-1-4-8-15)14-19(26)23-16-9-5-2-6-10-16/h11-12,15-16H,1-10,13-14H2,(H,22,25)(H,23,26). The minimum absolute atomic E-state index is 0.0310. The third kappa shape index (κ3) is 6.67. The lowest BCUT2D eigenvalue weighted by atomic mass is 9.95. The lowest BCUT2D eigenvalue weighted by Gasteiger charge is -2.27. The zero-order chi connectivity index (χ0) is 21.6. The van der Waals surface area contributed by atoms with Crippen LogP contribution in [0.1, 0.15) is 64.2 Å². The summed E-state index contributed by atoms with van der Waals surface area (Å²) in [6.45, 7) is -0.765. The molecule has 0 bridgehead atoms. The van der Waals surface area contributed by atoms with Crippen LogP contribution >= 0.6 is 22.9 Å². The molecule has 1 aromatic rings. The zero-order valence-corrected chi connectivity index (χ0v) is 19.5. The van der Waals surface area contributed by atoms with Crippen LogP contribution in [0.25, 0.3) is 0 Å².